The van der Waals surface area contributed by atoms with E-state index in [1.54, 1.807) is 24.4 Å². The van der Waals surface area contributed by atoms with Crippen molar-refractivity contribution in [3.8, 4) is 0 Å². The van der Waals surface area contributed by atoms with Crippen molar-refractivity contribution in [2.45, 2.75) is 6.42 Å². The Kier molecular flexibility index (Phi) is 6.53. The molecule has 0 unspecified atom stereocenters. The first kappa shape index (κ1) is 16.4. The molecule has 0 saturated heterocycles. The minimum Gasteiger partial charge on any atom is -0.352 e. The molecule has 2 N–H and O–H groups in total. The number of hydrogen-bond acceptors (Lipinski definition) is 3. The number of hydrogen-bond donors (Lipinski definition) is 2. The van der Waals surface area contributed by atoms with Crippen molar-refractivity contribution >= 4 is 17.9 Å². The van der Waals surface area contributed by atoms with Gasteiger partial charge in [-0.3, -0.25) is 14.6 Å². The normalized spacial score (nSPS) is 10.4. The predicted octanol–water partition coefficient (Wildman–Crippen LogP) is 2.03. The summed E-state index contributed by atoms with van der Waals surface area (Å²) in [7, 11) is 0. The van der Waals surface area contributed by atoms with Crippen LogP contribution < -0.4 is 10.6 Å². The fraction of sp³-hybridized carbons (Fsp3) is 0.167. The lowest BCUT2D eigenvalue weighted by Crippen LogP contribution is -2.29. The maximum Gasteiger partial charge on any atom is 0.252 e. The Hall–Kier alpha value is -2.95. The van der Waals surface area contributed by atoms with Crippen LogP contribution in [0.25, 0.3) is 6.08 Å². The van der Waals surface area contributed by atoms with Crippen LogP contribution in [-0.2, 0) is 4.79 Å². The predicted molar refractivity (Wildman–Crippen MR) is 89.7 cm³/mol. The molecule has 0 bridgehead atoms. The minimum absolute atomic E-state index is 0.146. The van der Waals surface area contributed by atoms with E-state index in [9.17, 15) is 9.59 Å². The highest BCUT2D eigenvalue weighted by Gasteiger charge is 2.03. The fourth-order valence-electron chi connectivity index (χ4n) is 1.90. The zero-order chi connectivity index (χ0) is 16.3. The van der Waals surface area contributed by atoms with E-state index in [1.807, 2.05) is 30.3 Å². The Balaban J connectivity index is 1.61. The molecule has 1 aromatic carbocycles. The van der Waals surface area contributed by atoms with Crippen molar-refractivity contribution in [2.24, 2.45) is 0 Å². The van der Waals surface area contributed by atoms with Crippen LogP contribution in [0.4, 0.5) is 0 Å². The number of aromatic nitrogens is 1. The Labute approximate surface area is 135 Å². The first-order chi connectivity index (χ1) is 11.3. The lowest BCUT2D eigenvalue weighted by Gasteiger charge is -2.05. The molecule has 0 radical (unpaired) electrons. The number of pyridine rings is 1. The largest absolute Gasteiger partial charge is 0.352 e. The Bertz CT molecular complexity index is 654. The average molecular weight is 309 g/mol. The quantitative estimate of drug-likeness (QED) is 0.607. The van der Waals surface area contributed by atoms with Crippen molar-refractivity contribution in [1.82, 2.24) is 15.6 Å². The second-order valence-corrected chi connectivity index (χ2v) is 4.89. The maximum absolute atomic E-state index is 11.8. The van der Waals surface area contributed by atoms with Gasteiger partial charge in [-0.25, -0.2) is 0 Å². The topological polar surface area (TPSA) is 71.1 Å². The van der Waals surface area contributed by atoms with E-state index in [0.29, 0.717) is 25.1 Å². The first-order valence-corrected chi connectivity index (χ1v) is 7.45. The van der Waals surface area contributed by atoms with E-state index in [-0.39, 0.29) is 11.8 Å². The van der Waals surface area contributed by atoms with Gasteiger partial charge in [-0.15, -0.1) is 0 Å². The lowest BCUT2D eigenvalue weighted by atomic mass is 10.2. The first-order valence-electron chi connectivity index (χ1n) is 7.45. The Morgan fingerprint density at radius 1 is 1.00 bits per heavy atom. The number of rotatable bonds is 7. The van der Waals surface area contributed by atoms with Crippen LogP contribution in [0, 0.1) is 0 Å². The summed E-state index contributed by atoms with van der Waals surface area (Å²) in [6.45, 7) is 1.00. The molecule has 0 aliphatic carbocycles. The van der Waals surface area contributed by atoms with Gasteiger partial charge in [0.05, 0.1) is 5.56 Å². The highest BCUT2D eigenvalue weighted by Crippen LogP contribution is 2.00. The zero-order valence-electron chi connectivity index (χ0n) is 12.7. The van der Waals surface area contributed by atoms with Gasteiger partial charge in [0, 0.05) is 31.6 Å². The number of benzene rings is 1. The number of nitrogens with one attached hydrogen (secondary N) is 2. The molecule has 0 atom stereocenters. The van der Waals surface area contributed by atoms with Crippen LogP contribution >= 0.6 is 0 Å². The molecule has 118 valence electrons. The molecule has 0 spiro atoms. The summed E-state index contributed by atoms with van der Waals surface area (Å²) in [5, 5.41) is 5.56. The fourth-order valence-corrected chi connectivity index (χ4v) is 1.90. The molecule has 2 amide bonds. The molecule has 0 saturated carbocycles. The molecule has 23 heavy (non-hydrogen) atoms. The van der Waals surface area contributed by atoms with Gasteiger partial charge in [-0.2, -0.15) is 0 Å². The van der Waals surface area contributed by atoms with Gasteiger partial charge in [-0.1, -0.05) is 30.3 Å². The van der Waals surface area contributed by atoms with Crippen LogP contribution in [0.1, 0.15) is 22.3 Å². The van der Waals surface area contributed by atoms with Gasteiger partial charge >= 0.3 is 0 Å². The SMILES string of the molecule is O=C(/C=C/c1ccccc1)NCCCNC(=O)c1cccnc1. The molecule has 5 heteroatoms. The zero-order valence-corrected chi connectivity index (χ0v) is 12.7. The standard InChI is InChI=1S/C18H19N3O2/c22-17(10-9-15-6-2-1-3-7-15)20-12-5-13-21-18(23)16-8-4-11-19-14-16/h1-4,6-11,14H,5,12-13H2,(H,20,22)(H,21,23)/b10-9+. The van der Waals surface area contributed by atoms with Crippen molar-refractivity contribution in [3.63, 3.8) is 0 Å². The summed E-state index contributed by atoms with van der Waals surface area (Å²) >= 11 is 0. The van der Waals surface area contributed by atoms with E-state index in [2.05, 4.69) is 15.6 Å². The molecule has 2 rings (SSSR count). The summed E-state index contributed by atoms with van der Waals surface area (Å²) in [5.41, 5.74) is 1.51. The van der Waals surface area contributed by atoms with Crippen LogP contribution in [-0.4, -0.2) is 29.9 Å². The van der Waals surface area contributed by atoms with Crippen molar-refractivity contribution < 1.29 is 9.59 Å². The Morgan fingerprint density at radius 2 is 1.78 bits per heavy atom. The van der Waals surface area contributed by atoms with Crippen LogP contribution in [0.3, 0.4) is 0 Å². The third-order valence-corrected chi connectivity index (χ3v) is 3.09. The molecular weight excluding hydrogens is 290 g/mol. The third kappa shape index (κ3) is 6.13. The molecular formula is C18H19N3O2. The molecule has 0 aliphatic rings. The van der Waals surface area contributed by atoms with Gasteiger partial charge in [0.15, 0.2) is 0 Å². The highest BCUT2D eigenvalue weighted by atomic mass is 16.2. The summed E-state index contributed by atoms with van der Waals surface area (Å²) in [6, 6.07) is 13.0. The smallest absolute Gasteiger partial charge is 0.252 e. The second-order valence-electron chi connectivity index (χ2n) is 4.89. The lowest BCUT2D eigenvalue weighted by molar-refractivity contribution is -0.116. The van der Waals surface area contributed by atoms with Crippen molar-refractivity contribution in [1.29, 1.82) is 0 Å². The van der Waals surface area contributed by atoms with E-state index < -0.39 is 0 Å². The molecule has 5 nitrogen and oxygen atoms in total. The van der Waals surface area contributed by atoms with Crippen molar-refractivity contribution in [2.75, 3.05) is 13.1 Å². The summed E-state index contributed by atoms with van der Waals surface area (Å²) in [4.78, 5) is 27.3. The van der Waals surface area contributed by atoms with Crippen molar-refractivity contribution in [3.05, 3.63) is 72.1 Å². The van der Waals surface area contributed by atoms with E-state index in [4.69, 9.17) is 0 Å². The number of nitrogens with zero attached hydrogens (tertiary/aromatic N) is 1. The number of carbonyl (C=O) groups excluding carboxylic acids is 2. The maximum atomic E-state index is 11.8. The second kappa shape index (κ2) is 9.15. The molecule has 2 aromatic rings. The number of amides is 2. The summed E-state index contributed by atoms with van der Waals surface area (Å²) in [6.07, 6.45) is 7.07. The van der Waals surface area contributed by atoms with Crippen LogP contribution in [0.2, 0.25) is 0 Å². The van der Waals surface area contributed by atoms with E-state index in [1.165, 1.54) is 12.3 Å². The average Bonchev–Trinajstić information content (AvgIpc) is 2.61. The van der Waals surface area contributed by atoms with Gasteiger partial charge in [-0.05, 0) is 30.2 Å². The molecule has 0 aliphatic heterocycles. The van der Waals surface area contributed by atoms with E-state index in [0.717, 1.165) is 5.56 Å². The van der Waals surface area contributed by atoms with Gasteiger partial charge in [0.2, 0.25) is 5.91 Å². The van der Waals surface area contributed by atoms with Gasteiger partial charge < -0.3 is 10.6 Å². The highest BCUT2D eigenvalue weighted by molar-refractivity contribution is 5.93. The monoisotopic (exact) mass is 309 g/mol. The number of carbonyl (C=O) groups is 2. The third-order valence-electron chi connectivity index (χ3n) is 3.09. The van der Waals surface area contributed by atoms with E-state index >= 15 is 0 Å². The molecule has 1 aromatic heterocycles. The molecule has 0 fully saturated rings. The van der Waals surface area contributed by atoms with Crippen LogP contribution in [0.5, 0.6) is 0 Å². The van der Waals surface area contributed by atoms with Crippen LogP contribution in [0.15, 0.2) is 60.9 Å². The molecule has 1 heterocycles. The summed E-state index contributed by atoms with van der Waals surface area (Å²) in [5.74, 6) is -0.305. The minimum atomic E-state index is -0.159. The van der Waals surface area contributed by atoms with Gasteiger partial charge in [0.25, 0.3) is 5.91 Å². The summed E-state index contributed by atoms with van der Waals surface area (Å²) < 4.78 is 0. The Morgan fingerprint density at radius 3 is 2.52 bits per heavy atom. The van der Waals surface area contributed by atoms with Gasteiger partial charge in [0.1, 0.15) is 0 Å².